The van der Waals surface area contributed by atoms with E-state index in [4.69, 9.17) is 4.84 Å². The topological polar surface area (TPSA) is 187 Å². The lowest BCUT2D eigenvalue weighted by molar-refractivity contribution is -0.394. The van der Waals surface area contributed by atoms with Gasteiger partial charge in [0.25, 0.3) is 17.3 Å². The Morgan fingerprint density at radius 2 is 1.67 bits per heavy atom. The van der Waals surface area contributed by atoms with Crippen LogP contribution >= 0.6 is 0 Å². The summed E-state index contributed by atoms with van der Waals surface area (Å²) in [4.78, 5) is 49.1. The number of rotatable bonds is 7. The number of hydrogen-bond acceptors (Lipinski definition) is 10. The van der Waals surface area contributed by atoms with Crippen LogP contribution < -0.4 is 5.48 Å². The van der Waals surface area contributed by atoms with Gasteiger partial charge in [-0.15, -0.1) is 10.2 Å². The van der Waals surface area contributed by atoms with Crippen LogP contribution in [0.3, 0.4) is 0 Å². The molecule has 3 rings (SSSR count). The summed E-state index contributed by atoms with van der Waals surface area (Å²) in [5, 5.41) is 38.6. The Hall–Kier alpha value is -5.20. The number of anilines is 1. The van der Waals surface area contributed by atoms with Gasteiger partial charge in [0.2, 0.25) is 0 Å². The Labute approximate surface area is 184 Å². The molecule has 0 atom stereocenters. The summed E-state index contributed by atoms with van der Waals surface area (Å²) in [5.41, 5.74) is 1.23. The predicted molar refractivity (Wildman–Crippen MR) is 112 cm³/mol. The van der Waals surface area contributed by atoms with Crippen LogP contribution in [-0.2, 0) is 4.84 Å². The molecule has 0 saturated carbocycles. The molecule has 0 saturated heterocycles. The van der Waals surface area contributed by atoms with E-state index in [1.165, 1.54) is 48.5 Å². The maximum Gasteiger partial charge on any atom is 0.369 e. The summed E-state index contributed by atoms with van der Waals surface area (Å²) < 4.78 is 0. The van der Waals surface area contributed by atoms with Crippen LogP contribution in [0, 0.1) is 20.2 Å². The molecule has 0 radical (unpaired) electrons. The number of aromatic hydroxyl groups is 1. The first-order valence-corrected chi connectivity index (χ1v) is 9.00. The zero-order valence-electron chi connectivity index (χ0n) is 16.4. The van der Waals surface area contributed by atoms with Gasteiger partial charge in [-0.1, -0.05) is 6.07 Å². The molecule has 33 heavy (non-hydrogen) atoms. The third kappa shape index (κ3) is 5.69. The van der Waals surface area contributed by atoms with E-state index in [2.05, 4.69) is 15.7 Å². The van der Waals surface area contributed by atoms with Crippen LogP contribution in [0.15, 0.2) is 77.0 Å². The summed E-state index contributed by atoms with van der Waals surface area (Å²) in [6, 6.07) is 13.9. The van der Waals surface area contributed by atoms with E-state index in [1.54, 1.807) is 0 Å². The molecule has 0 fully saturated rings. The van der Waals surface area contributed by atoms with Gasteiger partial charge in [0.1, 0.15) is 11.3 Å². The van der Waals surface area contributed by atoms with Crippen molar-refractivity contribution in [2.24, 2.45) is 10.2 Å². The average Bonchev–Trinajstić information content (AvgIpc) is 2.81. The molecule has 0 aliphatic carbocycles. The van der Waals surface area contributed by atoms with Gasteiger partial charge >= 0.3 is 5.97 Å². The molecule has 0 aliphatic heterocycles. The monoisotopic (exact) mass is 451 g/mol. The molecule has 0 aromatic heterocycles. The van der Waals surface area contributed by atoms with E-state index in [0.29, 0.717) is 11.8 Å². The van der Waals surface area contributed by atoms with Crippen molar-refractivity contribution < 1.29 is 29.4 Å². The van der Waals surface area contributed by atoms with Crippen LogP contribution in [-0.4, -0.2) is 26.8 Å². The highest BCUT2D eigenvalue weighted by atomic mass is 16.7. The van der Waals surface area contributed by atoms with Gasteiger partial charge in [0, 0.05) is 11.6 Å². The van der Waals surface area contributed by atoms with Gasteiger partial charge in [-0.2, -0.15) is 0 Å². The maximum atomic E-state index is 12.2. The molecule has 0 heterocycles. The molecule has 13 heteroatoms. The highest BCUT2D eigenvalue weighted by Crippen LogP contribution is 2.25. The Kier molecular flexibility index (Phi) is 6.64. The fraction of sp³-hybridized carbons (Fsp3) is 0. The maximum absolute atomic E-state index is 12.2. The lowest BCUT2D eigenvalue weighted by Gasteiger charge is -2.07. The summed E-state index contributed by atoms with van der Waals surface area (Å²) in [7, 11) is 0. The Morgan fingerprint density at radius 1 is 0.939 bits per heavy atom. The van der Waals surface area contributed by atoms with Crippen LogP contribution in [0.5, 0.6) is 5.75 Å². The normalized spacial score (nSPS) is 10.5. The summed E-state index contributed by atoms with van der Waals surface area (Å²) in [5.74, 6) is -1.87. The van der Waals surface area contributed by atoms with Gasteiger partial charge in [-0.05, 0) is 48.5 Å². The van der Waals surface area contributed by atoms with Crippen molar-refractivity contribution in [3.8, 4) is 5.75 Å². The zero-order chi connectivity index (χ0) is 24.0. The van der Waals surface area contributed by atoms with Gasteiger partial charge in [0.15, 0.2) is 0 Å². The van der Waals surface area contributed by atoms with Crippen molar-refractivity contribution >= 4 is 34.6 Å². The second kappa shape index (κ2) is 9.74. The van der Waals surface area contributed by atoms with Crippen LogP contribution in [0.4, 0.5) is 22.7 Å². The minimum Gasteiger partial charge on any atom is -0.508 e. The number of nitro benzene ring substituents is 2. The first-order chi connectivity index (χ1) is 15.7. The number of phenolic OH excluding ortho intramolecular Hbond substituents is 1. The molecular weight excluding hydrogens is 438 g/mol. The largest absolute Gasteiger partial charge is 0.508 e. The highest BCUT2D eigenvalue weighted by molar-refractivity contribution is 5.95. The Bertz CT molecular complexity index is 1270. The number of azo groups is 1. The van der Waals surface area contributed by atoms with Crippen molar-refractivity contribution in [3.05, 3.63) is 98.1 Å². The summed E-state index contributed by atoms with van der Waals surface area (Å²) >= 11 is 0. The Balaban J connectivity index is 1.64. The summed E-state index contributed by atoms with van der Waals surface area (Å²) in [6.45, 7) is 0. The number of hydrogen-bond donors (Lipinski definition) is 2. The number of non-ortho nitro benzene ring substituents is 1. The molecule has 0 bridgehead atoms. The lowest BCUT2D eigenvalue weighted by atomic mass is 10.1. The van der Waals surface area contributed by atoms with Crippen molar-refractivity contribution in [2.45, 2.75) is 0 Å². The van der Waals surface area contributed by atoms with Crippen molar-refractivity contribution in [1.29, 1.82) is 0 Å². The van der Waals surface area contributed by atoms with Gasteiger partial charge < -0.3 is 9.94 Å². The van der Waals surface area contributed by atoms with Gasteiger partial charge in [0.05, 0.1) is 27.3 Å². The molecule has 166 valence electrons. The van der Waals surface area contributed by atoms with E-state index in [-0.39, 0.29) is 17.0 Å². The fourth-order valence-corrected chi connectivity index (χ4v) is 2.51. The average molecular weight is 451 g/mol. The van der Waals surface area contributed by atoms with E-state index < -0.39 is 38.7 Å². The SMILES string of the molecule is O=C(N=Nc1ccc(NOC(=O)c2ccc([N+](=O)[O-])cc2[N+](=O)[O-])cc1)c1cccc(O)c1. The second-order valence-electron chi connectivity index (χ2n) is 6.31. The van der Waals surface area contributed by atoms with Crippen molar-refractivity contribution in [2.75, 3.05) is 5.48 Å². The Morgan fingerprint density at radius 3 is 2.30 bits per heavy atom. The molecule has 3 aromatic carbocycles. The van der Waals surface area contributed by atoms with Crippen LogP contribution in [0.2, 0.25) is 0 Å². The van der Waals surface area contributed by atoms with E-state index in [9.17, 15) is 34.9 Å². The lowest BCUT2D eigenvalue weighted by Crippen LogP contribution is -2.12. The van der Waals surface area contributed by atoms with E-state index in [0.717, 1.165) is 12.1 Å². The van der Waals surface area contributed by atoms with Crippen LogP contribution in [0.25, 0.3) is 0 Å². The fourth-order valence-electron chi connectivity index (χ4n) is 2.51. The molecule has 13 nitrogen and oxygen atoms in total. The number of carbonyl (C=O) groups is 2. The molecule has 0 unspecified atom stereocenters. The molecule has 0 spiro atoms. The standard InChI is InChI=1S/C20H13N5O8/c26-16-3-1-2-12(10-16)19(27)22-21-13-4-6-14(7-5-13)23-33-20(28)17-9-8-15(24(29)30)11-18(17)25(31)32/h1-11,23,26H. The molecule has 1 amide bonds. The molecule has 2 N–H and O–H groups in total. The minimum absolute atomic E-state index is 0.0833. The number of nitrogens with zero attached hydrogens (tertiary/aromatic N) is 4. The highest BCUT2D eigenvalue weighted by Gasteiger charge is 2.25. The van der Waals surface area contributed by atoms with Crippen molar-refractivity contribution in [1.82, 2.24) is 0 Å². The van der Waals surface area contributed by atoms with Crippen molar-refractivity contribution in [3.63, 3.8) is 0 Å². The first kappa shape index (κ1) is 22.5. The third-order valence-corrected chi connectivity index (χ3v) is 4.09. The number of nitrogens with one attached hydrogen (secondary N) is 1. The minimum atomic E-state index is -1.13. The molecular formula is C20H13N5O8. The number of amides is 1. The molecule has 0 aliphatic rings. The predicted octanol–water partition coefficient (Wildman–Crippen LogP) is 4.32. The van der Waals surface area contributed by atoms with Gasteiger partial charge in [-0.3, -0.25) is 25.0 Å². The summed E-state index contributed by atoms with van der Waals surface area (Å²) in [6.07, 6.45) is 0. The number of carbonyl (C=O) groups excluding carboxylic acids is 2. The van der Waals surface area contributed by atoms with Crippen LogP contribution in [0.1, 0.15) is 20.7 Å². The third-order valence-electron chi connectivity index (χ3n) is 4.09. The number of nitro groups is 2. The quantitative estimate of drug-likeness (QED) is 0.299. The van der Waals surface area contributed by atoms with Gasteiger partial charge in [-0.25, -0.2) is 10.3 Å². The number of phenols is 1. The smallest absolute Gasteiger partial charge is 0.369 e. The zero-order valence-corrected chi connectivity index (χ0v) is 16.4. The molecule has 3 aromatic rings. The van der Waals surface area contributed by atoms with E-state index in [1.807, 2.05) is 0 Å². The number of benzene rings is 3. The van der Waals surface area contributed by atoms with E-state index >= 15 is 0 Å². The first-order valence-electron chi connectivity index (χ1n) is 9.00. The second-order valence-corrected chi connectivity index (χ2v) is 6.31.